The molecule has 3 fully saturated rings. The molecule has 0 unspecified atom stereocenters. The van der Waals surface area contributed by atoms with Crippen molar-refractivity contribution in [1.29, 1.82) is 0 Å². The van der Waals surface area contributed by atoms with Gasteiger partial charge in [0.05, 0.1) is 11.1 Å². The van der Waals surface area contributed by atoms with E-state index in [2.05, 4.69) is 9.98 Å². The lowest BCUT2D eigenvalue weighted by Gasteiger charge is -2.60. The van der Waals surface area contributed by atoms with Crippen molar-refractivity contribution in [2.45, 2.75) is 107 Å². The summed E-state index contributed by atoms with van der Waals surface area (Å²) in [5.41, 5.74) is -0.857. The molecule has 0 N–H and O–H groups in total. The average Bonchev–Trinajstić information content (AvgIpc) is 2.64. The number of rotatable bonds is 4. The molecule has 0 aromatic heterocycles. The van der Waals surface area contributed by atoms with E-state index in [0.717, 1.165) is 77.0 Å². The molecule has 4 nitrogen and oxygen atoms in total. The van der Waals surface area contributed by atoms with E-state index in [-0.39, 0.29) is 16.5 Å². The Morgan fingerprint density at radius 3 is 1.17 bits per heavy atom. The van der Waals surface area contributed by atoms with Crippen LogP contribution in [0.2, 0.25) is 0 Å². The summed E-state index contributed by atoms with van der Waals surface area (Å²) in [6, 6.07) is 0. The largest absolute Gasteiger partial charge is 0.235 e. The summed E-state index contributed by atoms with van der Waals surface area (Å²) in [4.78, 5) is 31.9. The minimum Gasteiger partial charge on any atom is -0.211 e. The molecule has 24 heavy (non-hydrogen) atoms. The third-order valence-corrected chi connectivity index (χ3v) is 7.37. The maximum Gasteiger partial charge on any atom is 0.235 e. The van der Waals surface area contributed by atoms with Gasteiger partial charge in [0.15, 0.2) is 0 Å². The Morgan fingerprint density at radius 2 is 0.833 bits per heavy atom. The summed E-state index contributed by atoms with van der Waals surface area (Å²) in [5.74, 6) is 0. The Balaban J connectivity index is 2.15. The number of isocyanates is 2. The standard InChI is InChI=1S/C20H30N2O2/c23-16-21-19(12-6-2-7-13-19)18(10-4-1-5-11-18)20(22-17-24)14-8-3-9-15-20/h1-15H2. The Bertz CT molecular complexity index is 484. The summed E-state index contributed by atoms with van der Waals surface area (Å²) in [6.45, 7) is 0. The molecule has 0 aromatic rings. The predicted molar refractivity (Wildman–Crippen MR) is 93.4 cm³/mol. The number of aliphatic imine (C=N–C) groups is 2. The van der Waals surface area contributed by atoms with Crippen molar-refractivity contribution in [3.05, 3.63) is 0 Å². The minimum atomic E-state index is -0.356. The van der Waals surface area contributed by atoms with Gasteiger partial charge in [-0.3, -0.25) is 0 Å². The van der Waals surface area contributed by atoms with E-state index in [9.17, 15) is 9.59 Å². The van der Waals surface area contributed by atoms with E-state index in [1.807, 2.05) is 12.2 Å². The molecule has 0 spiro atoms. The second kappa shape index (κ2) is 7.33. The van der Waals surface area contributed by atoms with Crippen LogP contribution in [0.4, 0.5) is 0 Å². The summed E-state index contributed by atoms with van der Waals surface area (Å²) in [7, 11) is 0. The molecular weight excluding hydrogens is 300 g/mol. The maximum absolute atomic E-state index is 11.4. The second-order valence-electron chi connectivity index (χ2n) is 8.23. The fourth-order valence-corrected chi connectivity index (χ4v) is 6.36. The first kappa shape index (κ1) is 17.6. The molecule has 3 rings (SSSR count). The van der Waals surface area contributed by atoms with Crippen LogP contribution in [-0.4, -0.2) is 23.2 Å². The molecular formula is C20H30N2O2. The van der Waals surface area contributed by atoms with E-state index in [4.69, 9.17) is 0 Å². The number of nitrogens with zero attached hydrogens (tertiary/aromatic N) is 2. The highest BCUT2D eigenvalue weighted by Crippen LogP contribution is 2.63. The Labute approximate surface area is 145 Å². The molecule has 3 aliphatic carbocycles. The first-order valence-corrected chi connectivity index (χ1v) is 9.92. The molecule has 0 aliphatic heterocycles. The van der Waals surface area contributed by atoms with Crippen molar-refractivity contribution in [3.8, 4) is 0 Å². The van der Waals surface area contributed by atoms with Crippen LogP contribution in [0.15, 0.2) is 9.98 Å². The van der Waals surface area contributed by atoms with Crippen molar-refractivity contribution >= 4 is 12.2 Å². The molecule has 0 heterocycles. The zero-order valence-electron chi connectivity index (χ0n) is 14.8. The van der Waals surface area contributed by atoms with Crippen LogP contribution < -0.4 is 0 Å². The average molecular weight is 330 g/mol. The summed E-state index contributed by atoms with van der Waals surface area (Å²) in [5, 5.41) is 0. The smallest absolute Gasteiger partial charge is 0.211 e. The first-order valence-electron chi connectivity index (χ1n) is 9.92. The molecule has 3 aliphatic rings. The van der Waals surface area contributed by atoms with Crippen LogP contribution in [-0.2, 0) is 9.59 Å². The molecule has 132 valence electrons. The molecule has 0 radical (unpaired) electrons. The predicted octanol–water partition coefficient (Wildman–Crippen LogP) is 5.01. The van der Waals surface area contributed by atoms with Gasteiger partial charge in [-0.05, 0) is 38.5 Å². The molecule has 4 heteroatoms. The number of hydrogen-bond acceptors (Lipinski definition) is 4. The van der Waals surface area contributed by atoms with E-state index in [0.29, 0.717) is 0 Å². The molecule has 3 saturated carbocycles. The highest BCUT2D eigenvalue weighted by atomic mass is 16.1. The van der Waals surface area contributed by atoms with Crippen LogP contribution >= 0.6 is 0 Å². The van der Waals surface area contributed by atoms with Crippen LogP contribution in [0.5, 0.6) is 0 Å². The third-order valence-electron chi connectivity index (χ3n) is 7.37. The highest BCUT2D eigenvalue weighted by Gasteiger charge is 2.63. The Kier molecular flexibility index (Phi) is 5.37. The monoisotopic (exact) mass is 330 g/mol. The fourth-order valence-electron chi connectivity index (χ4n) is 6.36. The fraction of sp³-hybridized carbons (Fsp3) is 0.900. The molecule has 0 bridgehead atoms. The van der Waals surface area contributed by atoms with Gasteiger partial charge in [0.1, 0.15) is 0 Å². The summed E-state index contributed by atoms with van der Waals surface area (Å²) < 4.78 is 0. The molecule has 0 saturated heterocycles. The zero-order valence-corrected chi connectivity index (χ0v) is 14.8. The lowest BCUT2D eigenvalue weighted by Crippen LogP contribution is -2.62. The normalized spacial score (nSPS) is 28.2. The van der Waals surface area contributed by atoms with Gasteiger partial charge in [-0.25, -0.2) is 9.59 Å². The van der Waals surface area contributed by atoms with Crippen LogP contribution in [0.1, 0.15) is 96.3 Å². The van der Waals surface area contributed by atoms with Gasteiger partial charge >= 0.3 is 0 Å². The molecule has 0 aromatic carbocycles. The third kappa shape index (κ3) is 2.70. The van der Waals surface area contributed by atoms with Crippen molar-refractivity contribution in [3.63, 3.8) is 0 Å². The van der Waals surface area contributed by atoms with Gasteiger partial charge in [-0.1, -0.05) is 57.8 Å². The SMILES string of the molecule is O=C=NC1(C2(C3(N=C=O)CCCCC3)CCCCC2)CCCCC1. The number of hydrogen-bond donors (Lipinski definition) is 0. The Hall–Kier alpha value is -1.24. The first-order chi connectivity index (χ1) is 11.7. The van der Waals surface area contributed by atoms with E-state index < -0.39 is 0 Å². The van der Waals surface area contributed by atoms with Gasteiger partial charge in [0.25, 0.3) is 0 Å². The van der Waals surface area contributed by atoms with Crippen molar-refractivity contribution in [1.82, 2.24) is 0 Å². The van der Waals surface area contributed by atoms with Crippen LogP contribution in [0.3, 0.4) is 0 Å². The van der Waals surface area contributed by atoms with Crippen LogP contribution in [0.25, 0.3) is 0 Å². The lowest BCUT2D eigenvalue weighted by atomic mass is 9.47. The molecule has 0 amide bonds. The van der Waals surface area contributed by atoms with Gasteiger partial charge in [0, 0.05) is 5.41 Å². The van der Waals surface area contributed by atoms with Crippen molar-refractivity contribution in [2.75, 3.05) is 0 Å². The topological polar surface area (TPSA) is 58.9 Å². The van der Waals surface area contributed by atoms with Gasteiger partial charge in [-0.2, -0.15) is 9.98 Å². The maximum atomic E-state index is 11.4. The van der Waals surface area contributed by atoms with E-state index in [1.165, 1.54) is 19.3 Å². The van der Waals surface area contributed by atoms with Crippen LogP contribution in [0, 0.1) is 5.41 Å². The highest BCUT2D eigenvalue weighted by molar-refractivity contribution is 5.40. The van der Waals surface area contributed by atoms with Gasteiger partial charge in [-0.15, -0.1) is 0 Å². The summed E-state index contributed by atoms with van der Waals surface area (Å²) >= 11 is 0. The van der Waals surface area contributed by atoms with Gasteiger partial charge < -0.3 is 0 Å². The van der Waals surface area contributed by atoms with Gasteiger partial charge in [0.2, 0.25) is 12.2 Å². The zero-order chi connectivity index (χ0) is 16.9. The Morgan fingerprint density at radius 1 is 0.500 bits per heavy atom. The van der Waals surface area contributed by atoms with E-state index >= 15 is 0 Å². The van der Waals surface area contributed by atoms with Crippen molar-refractivity contribution < 1.29 is 9.59 Å². The number of carbonyl (C=O) groups excluding carboxylic acids is 2. The minimum absolute atomic E-state index is 0.145. The van der Waals surface area contributed by atoms with E-state index in [1.54, 1.807) is 0 Å². The quantitative estimate of drug-likeness (QED) is 0.537. The van der Waals surface area contributed by atoms with Crippen molar-refractivity contribution in [2.24, 2.45) is 15.4 Å². The second-order valence-corrected chi connectivity index (χ2v) is 8.23. The molecule has 0 atom stereocenters. The summed E-state index contributed by atoms with van der Waals surface area (Å²) in [6.07, 6.45) is 20.3. The lowest BCUT2D eigenvalue weighted by molar-refractivity contribution is -0.0490.